The Morgan fingerprint density at radius 3 is 0.967 bits per heavy atom. The third-order valence-corrected chi connectivity index (χ3v) is 11.6. The van der Waals surface area contributed by atoms with Gasteiger partial charge in [0, 0.05) is 21.9 Å². The van der Waals surface area contributed by atoms with Gasteiger partial charge in [0.25, 0.3) is 0 Å². The second-order valence-electron chi connectivity index (χ2n) is 20.1. The van der Waals surface area contributed by atoms with Gasteiger partial charge in [-0.15, -0.1) is 0 Å². The average molecular weight is 803 g/mol. The van der Waals surface area contributed by atoms with Crippen LogP contribution in [0, 0.1) is 0 Å². The molecule has 0 aromatic heterocycles. The minimum absolute atomic E-state index is 0.116. The second kappa shape index (κ2) is 14.2. The summed E-state index contributed by atoms with van der Waals surface area (Å²) in [7, 11) is 0. The van der Waals surface area contributed by atoms with E-state index >= 15 is 0 Å². The lowest BCUT2D eigenvalue weighted by molar-refractivity contribution is 0.0695. The molecule has 8 heteroatoms. The predicted molar refractivity (Wildman–Crippen MR) is 247 cm³/mol. The molecule has 7 rings (SSSR count). The summed E-state index contributed by atoms with van der Waals surface area (Å²) in [6.45, 7) is 25.4. The zero-order valence-electron chi connectivity index (χ0n) is 36.6. The number of rotatable bonds is 6. The van der Waals surface area contributed by atoms with E-state index in [0.29, 0.717) is 60.2 Å². The molecule has 0 fully saturated rings. The summed E-state index contributed by atoms with van der Waals surface area (Å²) < 4.78 is 0. The SMILES string of the molecule is CC(C)(C)c1ccc(C(C)(C)C)c(N=C(O)c2ccc3c4ccc(C(=O)O)c5c(C(=O)O)ccc(c6ccc(C(O)=Nc7cc(C(C)(C)C)ccc7C(C)(C)C)c2c36)c54)c1. The first-order chi connectivity index (χ1) is 27.8. The van der Waals surface area contributed by atoms with Crippen molar-refractivity contribution in [3.05, 3.63) is 129 Å². The number of benzene rings is 7. The van der Waals surface area contributed by atoms with Crippen molar-refractivity contribution in [2.75, 3.05) is 0 Å². The molecule has 0 saturated heterocycles. The highest BCUT2D eigenvalue weighted by atomic mass is 16.4. The minimum Gasteiger partial charge on any atom is -0.493 e. The highest BCUT2D eigenvalue weighted by Gasteiger charge is 2.28. The Morgan fingerprint density at radius 2 is 0.683 bits per heavy atom. The number of aliphatic hydroxyl groups is 2. The Morgan fingerprint density at radius 1 is 0.383 bits per heavy atom. The van der Waals surface area contributed by atoms with Crippen molar-refractivity contribution < 1.29 is 30.0 Å². The minimum atomic E-state index is -1.24. The van der Waals surface area contributed by atoms with Crippen LogP contribution in [0.2, 0.25) is 0 Å². The van der Waals surface area contributed by atoms with E-state index in [1.165, 1.54) is 12.1 Å². The Hall–Kier alpha value is -6.28. The fraction of sp³-hybridized carbons (Fsp3) is 0.308. The number of aliphatic imine (C=N–C) groups is 2. The smallest absolute Gasteiger partial charge is 0.336 e. The van der Waals surface area contributed by atoms with Gasteiger partial charge >= 0.3 is 11.9 Å². The van der Waals surface area contributed by atoms with Gasteiger partial charge in [0.05, 0.1) is 22.5 Å². The number of nitrogens with zero attached hydrogens (tertiary/aromatic N) is 2. The predicted octanol–water partition coefficient (Wildman–Crippen LogP) is 13.6. The Kier molecular flexibility index (Phi) is 9.90. The Labute approximate surface area is 351 Å². The lowest BCUT2D eigenvalue weighted by atomic mass is 9.81. The van der Waals surface area contributed by atoms with Crippen LogP contribution >= 0.6 is 0 Å². The molecule has 0 bridgehead atoms. The van der Waals surface area contributed by atoms with Gasteiger partial charge in [-0.2, -0.15) is 0 Å². The lowest BCUT2D eigenvalue weighted by Crippen LogP contribution is -2.15. The van der Waals surface area contributed by atoms with E-state index in [9.17, 15) is 30.0 Å². The van der Waals surface area contributed by atoms with Gasteiger partial charge < -0.3 is 20.4 Å². The molecule has 7 aromatic carbocycles. The van der Waals surface area contributed by atoms with Crippen LogP contribution in [0.25, 0.3) is 43.1 Å². The number of fused-ring (bicyclic) bond motifs is 2. The third-order valence-electron chi connectivity index (χ3n) is 11.6. The number of carbonyl (C=O) groups is 2. The highest BCUT2D eigenvalue weighted by Crippen LogP contribution is 2.45. The molecule has 0 aliphatic rings. The van der Waals surface area contributed by atoms with Crippen molar-refractivity contribution in [1.82, 2.24) is 0 Å². The third kappa shape index (κ3) is 7.22. The zero-order valence-corrected chi connectivity index (χ0v) is 36.6. The molecule has 4 N–H and O–H groups in total. The summed E-state index contributed by atoms with van der Waals surface area (Å²) >= 11 is 0. The number of hydrogen-bond donors (Lipinski definition) is 4. The Balaban J connectivity index is 1.64. The summed E-state index contributed by atoms with van der Waals surface area (Å²) in [6.07, 6.45) is 0. The van der Waals surface area contributed by atoms with Crippen LogP contribution < -0.4 is 0 Å². The van der Waals surface area contributed by atoms with Crippen LogP contribution in [-0.2, 0) is 21.7 Å². The first-order valence-electron chi connectivity index (χ1n) is 20.3. The standard InChI is InChI=1S/C52H54N2O6/c1-49(2,3)27-13-23-37(51(7,8)9)39(25-27)53-45(55)33-19-15-29-31-17-21-35(47(57)58)44-36(48(59)60)22-18-32(42(31)44)30-16-20-34(43(33)41(29)30)46(56)54-40-26-28(50(4,5)6)14-24-38(40)52(10,11)12/h13-26H,1-12H3,(H,53,55)(H,54,56)(H,57,58)(H,59,60). The summed E-state index contributed by atoms with van der Waals surface area (Å²) in [5, 5.41) is 49.6. The summed E-state index contributed by atoms with van der Waals surface area (Å²) in [6, 6.07) is 25.9. The molecule has 0 amide bonds. The van der Waals surface area contributed by atoms with Crippen molar-refractivity contribution >= 4 is 78.2 Å². The van der Waals surface area contributed by atoms with Crippen molar-refractivity contribution in [2.45, 2.75) is 105 Å². The fourth-order valence-corrected chi connectivity index (χ4v) is 8.42. The number of hydrogen-bond acceptors (Lipinski definition) is 4. The molecule has 0 heterocycles. The summed E-state index contributed by atoms with van der Waals surface area (Å²) in [5.41, 5.74) is 4.78. The maximum atomic E-state index is 12.5. The van der Waals surface area contributed by atoms with Crippen LogP contribution in [0.5, 0.6) is 0 Å². The molecule has 8 nitrogen and oxygen atoms in total. The topological polar surface area (TPSA) is 140 Å². The van der Waals surface area contributed by atoms with Crippen LogP contribution in [0.1, 0.15) is 137 Å². The molecular formula is C52H54N2O6. The monoisotopic (exact) mass is 802 g/mol. The van der Waals surface area contributed by atoms with Crippen molar-refractivity contribution in [3.63, 3.8) is 0 Å². The quantitative estimate of drug-likeness (QED) is 0.0571. The molecular weight excluding hydrogens is 749 g/mol. The molecule has 0 atom stereocenters. The van der Waals surface area contributed by atoms with Gasteiger partial charge in [-0.1, -0.05) is 132 Å². The zero-order chi connectivity index (χ0) is 44.0. The lowest BCUT2D eigenvalue weighted by Gasteiger charge is -2.25. The summed E-state index contributed by atoms with van der Waals surface area (Å²) in [4.78, 5) is 35.0. The molecule has 0 unspecified atom stereocenters. The van der Waals surface area contributed by atoms with E-state index < -0.39 is 11.9 Å². The van der Waals surface area contributed by atoms with Crippen LogP contribution in [0.4, 0.5) is 11.4 Å². The van der Waals surface area contributed by atoms with E-state index in [0.717, 1.165) is 22.3 Å². The maximum Gasteiger partial charge on any atom is 0.336 e. The molecule has 308 valence electrons. The van der Waals surface area contributed by atoms with Crippen LogP contribution in [-0.4, -0.2) is 44.2 Å². The molecule has 0 spiro atoms. The fourth-order valence-electron chi connectivity index (χ4n) is 8.42. The highest BCUT2D eigenvalue weighted by molar-refractivity contribution is 6.38. The van der Waals surface area contributed by atoms with E-state index in [-0.39, 0.29) is 50.0 Å². The van der Waals surface area contributed by atoms with Gasteiger partial charge in [0.2, 0.25) is 11.8 Å². The van der Waals surface area contributed by atoms with Crippen molar-refractivity contribution in [2.24, 2.45) is 9.98 Å². The van der Waals surface area contributed by atoms with Crippen LogP contribution in [0.15, 0.2) is 94.9 Å². The van der Waals surface area contributed by atoms with E-state index in [4.69, 9.17) is 9.98 Å². The summed E-state index contributed by atoms with van der Waals surface area (Å²) in [5.74, 6) is -2.98. The van der Waals surface area contributed by atoms with E-state index in [1.807, 2.05) is 24.3 Å². The van der Waals surface area contributed by atoms with Crippen molar-refractivity contribution in [3.8, 4) is 0 Å². The largest absolute Gasteiger partial charge is 0.493 e. The first kappa shape index (κ1) is 41.9. The average Bonchev–Trinajstić information content (AvgIpc) is 3.14. The molecule has 0 radical (unpaired) electrons. The number of carboxylic acid groups (broad SMARTS) is 2. The van der Waals surface area contributed by atoms with Gasteiger partial charge in [-0.3, -0.25) is 0 Å². The molecule has 0 aliphatic heterocycles. The molecule has 60 heavy (non-hydrogen) atoms. The molecule has 0 aliphatic carbocycles. The number of aromatic carboxylic acids is 2. The van der Waals surface area contributed by atoms with E-state index in [2.05, 4.69) is 107 Å². The van der Waals surface area contributed by atoms with Gasteiger partial charge in [0.15, 0.2) is 0 Å². The normalized spacial score (nSPS) is 13.6. The van der Waals surface area contributed by atoms with Gasteiger partial charge in [-0.25, -0.2) is 19.6 Å². The van der Waals surface area contributed by atoms with E-state index in [1.54, 1.807) is 24.3 Å². The van der Waals surface area contributed by atoms with Crippen LogP contribution in [0.3, 0.4) is 0 Å². The van der Waals surface area contributed by atoms with Gasteiger partial charge in [-0.05, 0) is 113 Å². The maximum absolute atomic E-state index is 12.5. The number of carboxylic acids is 2. The number of aliphatic hydroxyl groups excluding tert-OH is 2. The second-order valence-corrected chi connectivity index (χ2v) is 20.1. The Bertz CT molecular complexity index is 2790. The van der Waals surface area contributed by atoms with Crippen molar-refractivity contribution in [1.29, 1.82) is 0 Å². The molecule has 0 saturated carbocycles. The first-order valence-corrected chi connectivity index (χ1v) is 20.3. The van der Waals surface area contributed by atoms with Gasteiger partial charge in [0.1, 0.15) is 0 Å². The molecule has 7 aromatic rings.